The van der Waals surface area contributed by atoms with Gasteiger partial charge in [0.15, 0.2) is 0 Å². The third kappa shape index (κ3) is 3.32. The molecule has 0 N–H and O–H groups in total. The molecule has 1 unspecified atom stereocenters. The van der Waals surface area contributed by atoms with Crippen LogP contribution in [0.1, 0.15) is 50.3 Å². The fourth-order valence-corrected chi connectivity index (χ4v) is 3.49. The summed E-state index contributed by atoms with van der Waals surface area (Å²) in [6.07, 6.45) is 7.15. The van der Waals surface area contributed by atoms with E-state index < -0.39 is 0 Å². The van der Waals surface area contributed by atoms with Gasteiger partial charge in [0.1, 0.15) is 6.10 Å². The second-order valence-electron chi connectivity index (χ2n) is 6.54. The predicted octanol–water partition coefficient (Wildman–Crippen LogP) is 1.40. The Morgan fingerprint density at radius 1 is 1.43 bits per heavy atom. The molecule has 1 saturated carbocycles. The van der Waals surface area contributed by atoms with Crippen molar-refractivity contribution in [2.24, 2.45) is 7.05 Å². The number of carbonyl (C=O) groups excluding carboxylic acids is 1. The summed E-state index contributed by atoms with van der Waals surface area (Å²) in [5, 5.41) is 0. The maximum absolute atomic E-state index is 12.8. The molecule has 126 valence electrons. The third-order valence-corrected chi connectivity index (χ3v) is 4.90. The van der Waals surface area contributed by atoms with Crippen LogP contribution in [0.3, 0.4) is 0 Å². The molecule has 1 aromatic rings. The Morgan fingerprint density at radius 3 is 2.87 bits per heavy atom. The lowest BCUT2D eigenvalue weighted by Crippen LogP contribution is -2.45. The van der Waals surface area contributed by atoms with E-state index in [4.69, 9.17) is 4.74 Å². The molecule has 6 nitrogen and oxygen atoms in total. The molecule has 1 amide bonds. The lowest BCUT2D eigenvalue weighted by atomic mass is 10.1. The van der Waals surface area contributed by atoms with E-state index in [0.29, 0.717) is 25.9 Å². The van der Waals surface area contributed by atoms with Crippen molar-refractivity contribution in [1.82, 2.24) is 14.5 Å². The van der Waals surface area contributed by atoms with Crippen molar-refractivity contribution >= 4 is 5.91 Å². The van der Waals surface area contributed by atoms with Gasteiger partial charge in [0.05, 0.1) is 24.7 Å². The molecule has 0 aromatic carbocycles. The highest BCUT2D eigenvalue weighted by atomic mass is 16.5. The number of ether oxygens (including phenoxy) is 1. The van der Waals surface area contributed by atoms with Crippen LogP contribution in [0.4, 0.5) is 0 Å². The molecule has 2 aliphatic rings. The van der Waals surface area contributed by atoms with Crippen molar-refractivity contribution in [3.05, 3.63) is 27.9 Å². The van der Waals surface area contributed by atoms with Gasteiger partial charge in [-0.05, 0) is 25.7 Å². The van der Waals surface area contributed by atoms with Gasteiger partial charge in [-0.2, -0.15) is 0 Å². The Morgan fingerprint density at radius 2 is 2.17 bits per heavy atom. The van der Waals surface area contributed by atoms with Gasteiger partial charge < -0.3 is 14.2 Å². The molecular weight excluding hydrogens is 294 g/mol. The molecular formula is C17H25N3O3. The Labute approximate surface area is 136 Å². The van der Waals surface area contributed by atoms with E-state index in [0.717, 1.165) is 24.1 Å². The van der Waals surface area contributed by atoms with E-state index in [2.05, 4.69) is 4.98 Å². The lowest BCUT2D eigenvalue weighted by Gasteiger charge is -2.31. The van der Waals surface area contributed by atoms with Gasteiger partial charge in [-0.25, -0.2) is 4.98 Å². The fraction of sp³-hybridized carbons (Fsp3) is 0.706. The average Bonchev–Trinajstić information content (AvgIpc) is 3.08. The maximum atomic E-state index is 12.8. The number of rotatable bonds is 4. The first kappa shape index (κ1) is 16.2. The highest BCUT2D eigenvalue weighted by Crippen LogP contribution is 2.24. The van der Waals surface area contributed by atoms with Crippen LogP contribution in [-0.4, -0.2) is 39.1 Å². The number of hydrogen-bond acceptors (Lipinski definition) is 4. The van der Waals surface area contributed by atoms with Gasteiger partial charge in [-0.15, -0.1) is 0 Å². The highest BCUT2D eigenvalue weighted by molar-refractivity contribution is 5.81. The fourth-order valence-electron chi connectivity index (χ4n) is 3.49. The average molecular weight is 319 g/mol. The first-order valence-electron chi connectivity index (χ1n) is 8.57. The Hall–Kier alpha value is -1.69. The number of hydrogen-bond donors (Lipinski definition) is 0. The quantitative estimate of drug-likeness (QED) is 0.841. The predicted molar refractivity (Wildman–Crippen MR) is 86.0 cm³/mol. The molecule has 1 fully saturated rings. The highest BCUT2D eigenvalue weighted by Gasteiger charge is 2.31. The smallest absolute Gasteiger partial charge is 0.256 e. The standard InChI is InChI=1S/C17H25N3O3/c1-3-15(23-12-6-4-5-7-12)17(22)20-9-8-13-14(10-20)18-11-19(2)16(13)21/h11-12,15H,3-10H2,1-2H3. The van der Waals surface area contributed by atoms with E-state index >= 15 is 0 Å². The summed E-state index contributed by atoms with van der Waals surface area (Å²) in [6, 6.07) is 0. The van der Waals surface area contributed by atoms with Crippen LogP contribution in [0.25, 0.3) is 0 Å². The van der Waals surface area contributed by atoms with Gasteiger partial charge in [0.2, 0.25) is 0 Å². The summed E-state index contributed by atoms with van der Waals surface area (Å²) in [6.45, 7) is 2.97. The zero-order valence-corrected chi connectivity index (χ0v) is 14.0. The minimum atomic E-state index is -0.369. The molecule has 1 atom stereocenters. The van der Waals surface area contributed by atoms with Crippen LogP contribution in [0.15, 0.2) is 11.1 Å². The van der Waals surface area contributed by atoms with E-state index in [9.17, 15) is 9.59 Å². The first-order chi connectivity index (χ1) is 11.1. The minimum absolute atomic E-state index is 0.00338. The van der Waals surface area contributed by atoms with Crippen LogP contribution in [0.2, 0.25) is 0 Å². The van der Waals surface area contributed by atoms with Crippen molar-refractivity contribution < 1.29 is 9.53 Å². The molecule has 23 heavy (non-hydrogen) atoms. The molecule has 1 aliphatic carbocycles. The number of amides is 1. The van der Waals surface area contributed by atoms with Crippen molar-refractivity contribution in [2.75, 3.05) is 6.54 Å². The molecule has 1 aliphatic heterocycles. The number of aryl methyl sites for hydroxylation is 1. The molecule has 3 rings (SSSR count). The van der Waals surface area contributed by atoms with Crippen LogP contribution in [-0.2, 0) is 29.5 Å². The van der Waals surface area contributed by atoms with Crippen molar-refractivity contribution in [3.63, 3.8) is 0 Å². The largest absolute Gasteiger partial charge is 0.365 e. The molecule has 6 heteroatoms. The Balaban J connectivity index is 1.70. The topological polar surface area (TPSA) is 64.4 Å². The molecule has 0 saturated heterocycles. The monoisotopic (exact) mass is 319 g/mol. The summed E-state index contributed by atoms with van der Waals surface area (Å²) in [7, 11) is 1.70. The van der Waals surface area contributed by atoms with E-state index in [1.807, 2.05) is 6.92 Å². The van der Waals surface area contributed by atoms with Gasteiger partial charge in [-0.3, -0.25) is 9.59 Å². The third-order valence-electron chi connectivity index (χ3n) is 4.90. The van der Waals surface area contributed by atoms with Gasteiger partial charge in [-0.1, -0.05) is 19.8 Å². The SMILES string of the molecule is CCC(OC1CCCC1)C(=O)N1CCc2c(ncn(C)c2=O)C1. The van der Waals surface area contributed by atoms with Gasteiger partial charge >= 0.3 is 0 Å². The van der Waals surface area contributed by atoms with Crippen LogP contribution in [0, 0.1) is 0 Å². The number of carbonyl (C=O) groups is 1. The summed E-state index contributed by atoms with van der Waals surface area (Å²) in [4.78, 5) is 31.0. The first-order valence-corrected chi connectivity index (χ1v) is 8.57. The van der Waals surface area contributed by atoms with E-state index in [1.54, 1.807) is 11.9 Å². The summed E-state index contributed by atoms with van der Waals surface area (Å²) in [5.41, 5.74) is 1.46. The summed E-state index contributed by atoms with van der Waals surface area (Å²) in [5.74, 6) is 0.0347. The molecule has 0 radical (unpaired) electrons. The minimum Gasteiger partial charge on any atom is -0.365 e. The van der Waals surface area contributed by atoms with E-state index in [-0.39, 0.29) is 23.7 Å². The van der Waals surface area contributed by atoms with Gasteiger partial charge in [0, 0.05) is 19.2 Å². The second-order valence-corrected chi connectivity index (χ2v) is 6.54. The zero-order chi connectivity index (χ0) is 16.4. The zero-order valence-electron chi connectivity index (χ0n) is 14.0. The molecule has 2 heterocycles. The van der Waals surface area contributed by atoms with Crippen molar-refractivity contribution in [2.45, 2.75) is 64.2 Å². The van der Waals surface area contributed by atoms with Crippen LogP contribution < -0.4 is 5.56 Å². The number of fused-ring (bicyclic) bond motifs is 1. The number of nitrogens with zero attached hydrogens (tertiary/aromatic N) is 3. The molecule has 0 bridgehead atoms. The van der Waals surface area contributed by atoms with E-state index in [1.165, 1.54) is 23.7 Å². The Bertz CT molecular complexity index is 634. The Kier molecular flexibility index (Phi) is 4.80. The lowest BCUT2D eigenvalue weighted by molar-refractivity contribution is -0.148. The molecule has 0 spiro atoms. The van der Waals surface area contributed by atoms with Crippen LogP contribution >= 0.6 is 0 Å². The van der Waals surface area contributed by atoms with Crippen molar-refractivity contribution in [3.8, 4) is 0 Å². The normalized spacial score (nSPS) is 19.7. The van der Waals surface area contributed by atoms with Gasteiger partial charge in [0.25, 0.3) is 11.5 Å². The van der Waals surface area contributed by atoms with Crippen LogP contribution in [0.5, 0.6) is 0 Å². The van der Waals surface area contributed by atoms with Crippen molar-refractivity contribution in [1.29, 1.82) is 0 Å². The number of aromatic nitrogens is 2. The maximum Gasteiger partial charge on any atom is 0.256 e. The second kappa shape index (κ2) is 6.83. The summed E-state index contributed by atoms with van der Waals surface area (Å²) >= 11 is 0. The summed E-state index contributed by atoms with van der Waals surface area (Å²) < 4.78 is 7.52. The molecule has 1 aromatic heterocycles.